The zero-order valence-corrected chi connectivity index (χ0v) is 9.02. The average molecular weight is 189 g/mol. The first-order valence-corrected chi connectivity index (χ1v) is 4.57. The Morgan fingerprint density at radius 2 is 2.00 bits per heavy atom. The molecule has 3 heteroatoms. The van der Waals surface area contributed by atoms with E-state index in [0.29, 0.717) is 12.5 Å². The molecule has 0 spiro atoms. The van der Waals surface area contributed by atoms with Crippen molar-refractivity contribution in [3.8, 4) is 6.07 Å². The highest BCUT2D eigenvalue weighted by Gasteiger charge is 2.26. The Labute approximate surface area is 80.2 Å². The van der Waals surface area contributed by atoms with Gasteiger partial charge < -0.3 is 0 Å². The van der Waals surface area contributed by atoms with E-state index >= 15 is 0 Å². The van der Waals surface area contributed by atoms with Crippen molar-refractivity contribution in [3.63, 3.8) is 0 Å². The van der Waals surface area contributed by atoms with Crippen LogP contribution in [0, 0.1) is 11.3 Å². The molecular formula is C9H17ClN2. The molecule has 12 heavy (non-hydrogen) atoms. The largest absolute Gasteiger partial charge is 0.212 e. The summed E-state index contributed by atoms with van der Waals surface area (Å²) in [6.45, 7) is 8.19. The average Bonchev–Trinajstić information content (AvgIpc) is 1.99. The van der Waals surface area contributed by atoms with Crippen molar-refractivity contribution in [1.82, 2.24) is 4.42 Å². The SMILES string of the molecule is CC(C)N(Cl)C(C)(C)CCC#N. The predicted octanol–water partition coefficient (Wildman–Crippen LogP) is 2.93. The molecule has 0 rings (SSSR count). The van der Waals surface area contributed by atoms with Crippen molar-refractivity contribution >= 4 is 11.8 Å². The van der Waals surface area contributed by atoms with Gasteiger partial charge in [-0.25, -0.2) is 4.42 Å². The van der Waals surface area contributed by atoms with E-state index in [1.165, 1.54) is 0 Å². The third kappa shape index (κ3) is 3.42. The molecule has 0 saturated carbocycles. The maximum absolute atomic E-state index is 8.44. The van der Waals surface area contributed by atoms with Crippen molar-refractivity contribution < 1.29 is 0 Å². The molecule has 0 amide bonds. The molecule has 2 nitrogen and oxygen atoms in total. The summed E-state index contributed by atoms with van der Waals surface area (Å²) in [5.74, 6) is 0. The molecule has 0 heterocycles. The highest BCUT2D eigenvalue weighted by Crippen LogP contribution is 2.24. The van der Waals surface area contributed by atoms with Gasteiger partial charge in [0.15, 0.2) is 0 Å². The fourth-order valence-electron chi connectivity index (χ4n) is 1.17. The zero-order valence-electron chi connectivity index (χ0n) is 8.26. The first-order valence-electron chi connectivity index (χ1n) is 4.24. The maximum Gasteiger partial charge on any atom is 0.0622 e. The van der Waals surface area contributed by atoms with Gasteiger partial charge in [0.2, 0.25) is 0 Å². The molecule has 0 unspecified atom stereocenters. The van der Waals surface area contributed by atoms with Gasteiger partial charge in [-0.05, 0) is 45.9 Å². The van der Waals surface area contributed by atoms with Crippen LogP contribution in [0.3, 0.4) is 0 Å². The topological polar surface area (TPSA) is 27.0 Å². The molecule has 0 N–H and O–H groups in total. The van der Waals surface area contributed by atoms with Crippen LogP contribution in [0.25, 0.3) is 0 Å². The first-order chi connectivity index (χ1) is 5.41. The number of nitriles is 1. The lowest BCUT2D eigenvalue weighted by atomic mass is 9.98. The lowest BCUT2D eigenvalue weighted by Crippen LogP contribution is -2.41. The van der Waals surface area contributed by atoms with E-state index in [9.17, 15) is 0 Å². The number of hydrogen-bond donors (Lipinski definition) is 0. The van der Waals surface area contributed by atoms with Gasteiger partial charge in [-0.3, -0.25) is 0 Å². The molecule has 0 saturated heterocycles. The summed E-state index contributed by atoms with van der Waals surface area (Å²) in [6.07, 6.45) is 1.37. The molecule has 0 aliphatic rings. The van der Waals surface area contributed by atoms with E-state index in [2.05, 4.69) is 19.9 Å². The van der Waals surface area contributed by atoms with Gasteiger partial charge in [0.25, 0.3) is 0 Å². The molecule has 0 aromatic rings. The molecule has 0 bridgehead atoms. The fourth-order valence-corrected chi connectivity index (χ4v) is 1.25. The minimum absolute atomic E-state index is 0.0918. The van der Waals surface area contributed by atoms with Crippen LogP contribution in [0.1, 0.15) is 40.5 Å². The highest BCUT2D eigenvalue weighted by molar-refractivity contribution is 6.14. The van der Waals surface area contributed by atoms with Crippen LogP contribution in [0.4, 0.5) is 0 Å². The highest BCUT2D eigenvalue weighted by atomic mass is 35.5. The summed E-state index contributed by atoms with van der Waals surface area (Å²) in [7, 11) is 0. The summed E-state index contributed by atoms with van der Waals surface area (Å²) < 4.78 is 1.78. The Morgan fingerprint density at radius 1 is 1.50 bits per heavy atom. The van der Waals surface area contributed by atoms with E-state index in [1.54, 1.807) is 4.42 Å². The van der Waals surface area contributed by atoms with Crippen molar-refractivity contribution in [2.24, 2.45) is 0 Å². The van der Waals surface area contributed by atoms with Crippen LogP contribution < -0.4 is 0 Å². The maximum atomic E-state index is 8.44. The summed E-state index contributed by atoms with van der Waals surface area (Å²) in [5, 5.41) is 8.44. The van der Waals surface area contributed by atoms with Crippen LogP contribution in [-0.2, 0) is 0 Å². The van der Waals surface area contributed by atoms with Gasteiger partial charge in [0, 0.05) is 18.0 Å². The molecule has 0 aromatic carbocycles. The fraction of sp³-hybridized carbons (Fsp3) is 0.889. The summed E-state index contributed by atoms with van der Waals surface area (Å²) >= 11 is 6.07. The minimum atomic E-state index is -0.0918. The smallest absolute Gasteiger partial charge is 0.0622 e. The zero-order chi connectivity index (χ0) is 9.78. The number of nitrogens with zero attached hydrogens (tertiary/aromatic N) is 2. The Balaban J connectivity index is 4.10. The van der Waals surface area contributed by atoms with Crippen LogP contribution in [0.5, 0.6) is 0 Å². The molecule has 70 valence electrons. The monoisotopic (exact) mass is 188 g/mol. The van der Waals surface area contributed by atoms with E-state index in [0.717, 1.165) is 6.42 Å². The summed E-state index contributed by atoms with van der Waals surface area (Å²) in [6, 6.07) is 2.44. The van der Waals surface area contributed by atoms with Gasteiger partial charge in [-0.1, -0.05) is 0 Å². The molecule has 0 aromatic heterocycles. The van der Waals surface area contributed by atoms with Crippen molar-refractivity contribution in [2.75, 3.05) is 0 Å². The standard InChI is InChI=1S/C9H17ClN2/c1-8(2)12(10)9(3,4)6-5-7-11/h8H,5-6H2,1-4H3. The molecule has 0 aliphatic heterocycles. The predicted molar refractivity (Wildman–Crippen MR) is 51.8 cm³/mol. The van der Waals surface area contributed by atoms with Gasteiger partial charge >= 0.3 is 0 Å². The third-order valence-electron chi connectivity index (χ3n) is 1.88. The number of halogens is 1. The second-order valence-electron chi connectivity index (χ2n) is 3.88. The van der Waals surface area contributed by atoms with E-state index in [1.807, 2.05) is 13.8 Å². The molecule has 0 aliphatic carbocycles. The summed E-state index contributed by atoms with van der Waals surface area (Å²) in [5.41, 5.74) is -0.0918. The Bertz CT molecular complexity index is 170. The Morgan fingerprint density at radius 3 is 2.33 bits per heavy atom. The van der Waals surface area contributed by atoms with E-state index in [4.69, 9.17) is 17.0 Å². The van der Waals surface area contributed by atoms with Crippen LogP contribution >= 0.6 is 11.8 Å². The second kappa shape index (κ2) is 4.69. The van der Waals surface area contributed by atoms with Gasteiger partial charge in [0.05, 0.1) is 6.07 Å². The minimum Gasteiger partial charge on any atom is -0.212 e. The summed E-state index contributed by atoms with van der Waals surface area (Å²) in [4.78, 5) is 0. The van der Waals surface area contributed by atoms with Crippen molar-refractivity contribution in [3.05, 3.63) is 0 Å². The molecule has 0 atom stereocenters. The molecular weight excluding hydrogens is 172 g/mol. The van der Waals surface area contributed by atoms with Gasteiger partial charge in [0.1, 0.15) is 0 Å². The van der Waals surface area contributed by atoms with E-state index in [-0.39, 0.29) is 5.54 Å². The Kier molecular flexibility index (Phi) is 4.59. The number of rotatable bonds is 4. The Hall–Kier alpha value is -0.260. The van der Waals surface area contributed by atoms with Crippen LogP contribution in [-0.4, -0.2) is 16.0 Å². The van der Waals surface area contributed by atoms with E-state index < -0.39 is 0 Å². The van der Waals surface area contributed by atoms with Crippen molar-refractivity contribution in [2.45, 2.75) is 52.1 Å². The number of hydrogen-bond acceptors (Lipinski definition) is 2. The lowest BCUT2D eigenvalue weighted by Gasteiger charge is -2.35. The third-order valence-corrected chi connectivity index (χ3v) is 2.73. The van der Waals surface area contributed by atoms with Gasteiger partial charge in [-0.2, -0.15) is 5.26 Å². The second-order valence-corrected chi connectivity index (χ2v) is 4.24. The first kappa shape index (κ1) is 11.7. The van der Waals surface area contributed by atoms with Gasteiger partial charge in [-0.15, -0.1) is 0 Å². The lowest BCUT2D eigenvalue weighted by molar-refractivity contribution is 0.187. The quantitative estimate of drug-likeness (QED) is 0.635. The van der Waals surface area contributed by atoms with Crippen LogP contribution in [0.15, 0.2) is 0 Å². The van der Waals surface area contributed by atoms with Crippen LogP contribution in [0.2, 0.25) is 0 Å². The molecule has 0 fully saturated rings. The molecule has 0 radical (unpaired) electrons. The normalized spacial score (nSPS) is 12.2. The van der Waals surface area contributed by atoms with Crippen molar-refractivity contribution in [1.29, 1.82) is 5.26 Å².